The van der Waals surface area contributed by atoms with Crippen LogP contribution in [0.2, 0.25) is 0 Å². The molecule has 0 fully saturated rings. The highest BCUT2D eigenvalue weighted by molar-refractivity contribution is 5.67. The van der Waals surface area contributed by atoms with Crippen LogP contribution in [0, 0.1) is 12.7 Å². The second-order valence-electron chi connectivity index (χ2n) is 8.00. The van der Waals surface area contributed by atoms with E-state index < -0.39 is 0 Å². The Hall–Kier alpha value is -4.01. The van der Waals surface area contributed by atoms with E-state index in [9.17, 15) is 4.39 Å². The summed E-state index contributed by atoms with van der Waals surface area (Å²) in [5.74, 6) is 1.58. The smallest absolute Gasteiger partial charge is 0.238 e. The molecule has 0 saturated heterocycles. The van der Waals surface area contributed by atoms with E-state index in [1.165, 1.54) is 12.1 Å². The van der Waals surface area contributed by atoms with Gasteiger partial charge in [-0.05, 0) is 68.8 Å². The first-order valence-corrected chi connectivity index (χ1v) is 10.8. The molecular weight excluding hydrogens is 421 g/mol. The second kappa shape index (κ2) is 8.50. The minimum absolute atomic E-state index is 0.231. The zero-order chi connectivity index (χ0) is 22.9. The number of imidazole rings is 1. The van der Waals surface area contributed by atoms with Crippen LogP contribution in [0.4, 0.5) is 16.0 Å². The van der Waals surface area contributed by atoms with Gasteiger partial charge in [0.2, 0.25) is 11.8 Å². The first kappa shape index (κ1) is 20.9. The number of halogens is 1. The number of pyridine rings is 1. The van der Waals surface area contributed by atoms with E-state index in [1.807, 2.05) is 46.7 Å². The summed E-state index contributed by atoms with van der Waals surface area (Å²) in [5.41, 5.74) is 3.35. The molecule has 0 aliphatic carbocycles. The van der Waals surface area contributed by atoms with E-state index >= 15 is 0 Å². The summed E-state index contributed by atoms with van der Waals surface area (Å²) in [5, 5.41) is 4.64. The fourth-order valence-electron chi connectivity index (χ4n) is 3.96. The van der Waals surface area contributed by atoms with Gasteiger partial charge in [0.25, 0.3) is 0 Å². The number of methoxy groups -OCH3 is 1. The predicted octanol–water partition coefficient (Wildman–Crippen LogP) is 4.42. The molecular formula is C24H24FN7O. The van der Waals surface area contributed by atoms with Crippen LogP contribution in [0.1, 0.15) is 30.6 Å². The Bertz CT molecular complexity index is 1310. The van der Waals surface area contributed by atoms with Crippen molar-refractivity contribution in [2.24, 2.45) is 0 Å². The Morgan fingerprint density at radius 3 is 2.64 bits per heavy atom. The highest BCUT2D eigenvalue weighted by atomic mass is 19.1. The Morgan fingerprint density at radius 1 is 1.09 bits per heavy atom. The molecule has 0 saturated carbocycles. The number of aromatic nitrogens is 6. The number of aryl methyl sites for hydroxylation is 2. The SMILES string of the molecule is COc1nc(C=Cc2nc3n(n2)CC[C@H](C)N3c2ccc(F)cc2)ccc1-n1cnc(C)c1. The molecule has 33 heavy (non-hydrogen) atoms. The normalized spacial score (nSPS) is 15.8. The lowest BCUT2D eigenvalue weighted by Gasteiger charge is -2.34. The molecule has 0 spiro atoms. The first-order valence-electron chi connectivity index (χ1n) is 10.8. The van der Waals surface area contributed by atoms with Gasteiger partial charge in [0.05, 0.1) is 24.8 Å². The molecule has 8 nitrogen and oxygen atoms in total. The van der Waals surface area contributed by atoms with Crippen molar-refractivity contribution in [1.29, 1.82) is 0 Å². The Kier molecular flexibility index (Phi) is 5.37. The van der Waals surface area contributed by atoms with Crippen LogP contribution in [-0.2, 0) is 6.54 Å². The van der Waals surface area contributed by atoms with Crippen molar-refractivity contribution >= 4 is 23.8 Å². The van der Waals surface area contributed by atoms with E-state index in [0.29, 0.717) is 11.7 Å². The zero-order valence-corrected chi connectivity index (χ0v) is 18.7. The Morgan fingerprint density at radius 2 is 1.91 bits per heavy atom. The molecule has 0 bridgehead atoms. The number of nitrogens with zero attached hydrogens (tertiary/aromatic N) is 7. The fraction of sp³-hybridized carbons (Fsp3) is 0.250. The number of ether oxygens (including phenoxy) is 1. The lowest BCUT2D eigenvalue weighted by molar-refractivity contribution is 0.395. The maximum atomic E-state index is 13.4. The van der Waals surface area contributed by atoms with Gasteiger partial charge in [-0.2, -0.15) is 4.98 Å². The Labute approximate surface area is 191 Å². The maximum Gasteiger partial charge on any atom is 0.238 e. The number of hydrogen-bond acceptors (Lipinski definition) is 6. The third kappa shape index (κ3) is 4.09. The molecule has 4 heterocycles. The number of fused-ring (bicyclic) bond motifs is 1. The van der Waals surface area contributed by atoms with E-state index in [-0.39, 0.29) is 11.9 Å². The van der Waals surface area contributed by atoms with Gasteiger partial charge in [0.15, 0.2) is 5.82 Å². The summed E-state index contributed by atoms with van der Waals surface area (Å²) in [6.45, 7) is 4.85. The standard InChI is InChI=1S/C24H24FN7O/c1-16-14-30(15-26-16)21-10-6-19(27-23(21)33-3)7-11-22-28-24-31(29-22)13-12-17(2)32(24)20-8-4-18(25)5-9-20/h4-11,14-15,17H,12-13H2,1-3H3/t17-/m0/s1. The third-order valence-corrected chi connectivity index (χ3v) is 5.64. The van der Waals surface area contributed by atoms with Crippen LogP contribution in [0.15, 0.2) is 48.9 Å². The van der Waals surface area contributed by atoms with Crippen LogP contribution < -0.4 is 9.64 Å². The van der Waals surface area contributed by atoms with Crippen LogP contribution in [0.5, 0.6) is 5.88 Å². The predicted molar refractivity (Wildman–Crippen MR) is 124 cm³/mol. The number of rotatable bonds is 5. The van der Waals surface area contributed by atoms with Gasteiger partial charge in [-0.15, -0.1) is 5.10 Å². The number of benzene rings is 1. The fourth-order valence-corrected chi connectivity index (χ4v) is 3.96. The highest BCUT2D eigenvalue weighted by Crippen LogP contribution is 2.32. The monoisotopic (exact) mass is 445 g/mol. The summed E-state index contributed by atoms with van der Waals surface area (Å²) >= 11 is 0. The minimum atomic E-state index is -0.259. The van der Waals surface area contributed by atoms with Crippen molar-refractivity contribution in [3.63, 3.8) is 0 Å². The topological polar surface area (TPSA) is 73.9 Å². The minimum Gasteiger partial charge on any atom is -0.479 e. The molecule has 0 radical (unpaired) electrons. The molecule has 1 aliphatic heterocycles. The quantitative estimate of drug-likeness (QED) is 0.453. The van der Waals surface area contributed by atoms with Crippen LogP contribution in [0.3, 0.4) is 0 Å². The van der Waals surface area contributed by atoms with Crippen LogP contribution in [-0.4, -0.2) is 42.5 Å². The summed E-state index contributed by atoms with van der Waals surface area (Å²) in [4.78, 5) is 15.7. The Balaban J connectivity index is 1.42. The van der Waals surface area contributed by atoms with Gasteiger partial charge in [-0.25, -0.2) is 19.0 Å². The van der Waals surface area contributed by atoms with Crippen LogP contribution >= 0.6 is 0 Å². The summed E-state index contributed by atoms with van der Waals surface area (Å²) in [6.07, 6.45) is 8.27. The lowest BCUT2D eigenvalue weighted by Crippen LogP contribution is -2.36. The highest BCUT2D eigenvalue weighted by Gasteiger charge is 2.27. The molecule has 1 aliphatic rings. The van der Waals surface area contributed by atoms with Gasteiger partial charge in [-0.3, -0.25) is 0 Å². The molecule has 5 rings (SSSR count). The van der Waals surface area contributed by atoms with Gasteiger partial charge in [0, 0.05) is 24.5 Å². The van der Waals surface area contributed by atoms with E-state index in [1.54, 1.807) is 25.6 Å². The van der Waals surface area contributed by atoms with Gasteiger partial charge in [-0.1, -0.05) is 0 Å². The van der Waals surface area contributed by atoms with E-state index in [2.05, 4.69) is 26.9 Å². The van der Waals surface area contributed by atoms with Crippen molar-refractivity contribution in [3.05, 3.63) is 72.0 Å². The van der Waals surface area contributed by atoms with Crippen molar-refractivity contribution < 1.29 is 9.13 Å². The maximum absolute atomic E-state index is 13.4. The van der Waals surface area contributed by atoms with Crippen LogP contribution in [0.25, 0.3) is 17.8 Å². The van der Waals surface area contributed by atoms with Gasteiger partial charge >= 0.3 is 0 Å². The van der Waals surface area contributed by atoms with Crippen molar-refractivity contribution in [2.45, 2.75) is 32.9 Å². The van der Waals surface area contributed by atoms with E-state index in [4.69, 9.17) is 9.72 Å². The molecule has 9 heteroatoms. The molecule has 1 atom stereocenters. The molecule has 168 valence electrons. The van der Waals surface area contributed by atoms with Crippen molar-refractivity contribution in [1.82, 2.24) is 29.3 Å². The summed E-state index contributed by atoms with van der Waals surface area (Å²) in [7, 11) is 1.60. The van der Waals surface area contributed by atoms with Gasteiger partial charge < -0.3 is 14.2 Å². The number of anilines is 2. The first-order chi connectivity index (χ1) is 16.0. The molecule has 0 unspecified atom stereocenters. The molecule has 3 aromatic heterocycles. The zero-order valence-electron chi connectivity index (χ0n) is 18.7. The van der Waals surface area contributed by atoms with Crippen molar-refractivity contribution in [3.8, 4) is 11.6 Å². The molecule has 1 aromatic carbocycles. The summed E-state index contributed by atoms with van der Waals surface area (Å²) in [6, 6.07) is 10.5. The van der Waals surface area contributed by atoms with Crippen molar-refractivity contribution in [2.75, 3.05) is 12.0 Å². The third-order valence-electron chi connectivity index (χ3n) is 5.64. The summed E-state index contributed by atoms with van der Waals surface area (Å²) < 4.78 is 22.7. The average molecular weight is 446 g/mol. The van der Waals surface area contributed by atoms with Gasteiger partial charge in [0.1, 0.15) is 11.5 Å². The molecule has 0 N–H and O–H groups in total. The molecule has 4 aromatic rings. The molecule has 0 amide bonds. The largest absolute Gasteiger partial charge is 0.479 e. The van der Waals surface area contributed by atoms with E-state index in [0.717, 1.165) is 41.7 Å². The lowest BCUT2D eigenvalue weighted by atomic mass is 10.1. The average Bonchev–Trinajstić information content (AvgIpc) is 3.44. The number of hydrogen-bond donors (Lipinski definition) is 0. The second-order valence-corrected chi connectivity index (χ2v) is 8.00.